The third-order valence-corrected chi connectivity index (χ3v) is 5.32. The average Bonchev–Trinajstić information content (AvgIpc) is 2.37. The van der Waals surface area contributed by atoms with E-state index in [-0.39, 0.29) is 11.2 Å². The summed E-state index contributed by atoms with van der Waals surface area (Å²) in [5.74, 6) is -0.254. The van der Waals surface area contributed by atoms with E-state index in [2.05, 4.69) is 19.2 Å². The number of hydrogen-bond acceptors (Lipinski definition) is 1. The maximum atomic E-state index is 13.3. The van der Waals surface area contributed by atoms with Crippen molar-refractivity contribution in [2.75, 3.05) is 13.6 Å². The third-order valence-electron chi connectivity index (χ3n) is 5.01. The van der Waals surface area contributed by atoms with Gasteiger partial charge in [0.05, 0.1) is 0 Å². The molecule has 0 bridgehead atoms. The third kappa shape index (κ3) is 3.27. The molecule has 0 amide bonds. The summed E-state index contributed by atoms with van der Waals surface area (Å²) in [6, 6.07) is 4.88. The van der Waals surface area contributed by atoms with Gasteiger partial charge in [0.2, 0.25) is 0 Å². The molecule has 1 saturated carbocycles. The summed E-state index contributed by atoms with van der Waals surface area (Å²) in [6.07, 6.45) is 7.34. The minimum Gasteiger partial charge on any atom is -0.319 e. The molecule has 1 fully saturated rings. The number of rotatable bonds is 7. The Balaban J connectivity index is 2.28. The van der Waals surface area contributed by atoms with Crippen LogP contribution >= 0.6 is 11.6 Å². The lowest BCUT2D eigenvalue weighted by Crippen LogP contribution is -2.54. The number of hydrogen-bond donors (Lipinski definition) is 1. The molecule has 0 aromatic heterocycles. The monoisotopic (exact) mass is 311 g/mol. The van der Waals surface area contributed by atoms with Crippen LogP contribution in [0.15, 0.2) is 18.2 Å². The van der Waals surface area contributed by atoms with Crippen LogP contribution in [0.2, 0.25) is 5.02 Å². The Labute approximate surface area is 133 Å². The van der Waals surface area contributed by atoms with Crippen LogP contribution in [-0.4, -0.2) is 13.6 Å². The summed E-state index contributed by atoms with van der Waals surface area (Å²) < 4.78 is 13.3. The molecule has 0 spiro atoms. The van der Waals surface area contributed by atoms with Crippen molar-refractivity contribution >= 4 is 11.6 Å². The van der Waals surface area contributed by atoms with Crippen LogP contribution in [0.1, 0.15) is 57.9 Å². The Morgan fingerprint density at radius 2 is 1.81 bits per heavy atom. The fourth-order valence-electron chi connectivity index (χ4n) is 4.59. The van der Waals surface area contributed by atoms with E-state index in [0.29, 0.717) is 10.4 Å². The zero-order chi connectivity index (χ0) is 15.5. The van der Waals surface area contributed by atoms with Gasteiger partial charge in [0, 0.05) is 17.0 Å². The minimum atomic E-state index is -0.254. The summed E-state index contributed by atoms with van der Waals surface area (Å²) in [4.78, 5) is 0. The predicted molar refractivity (Wildman–Crippen MR) is 88.5 cm³/mol. The SMILES string of the molecule is CCCC1(CCC)CC(CNC)(c2ccc(F)cc2Cl)C1. The van der Waals surface area contributed by atoms with Gasteiger partial charge < -0.3 is 5.32 Å². The van der Waals surface area contributed by atoms with E-state index in [1.165, 1.54) is 37.8 Å². The molecule has 0 unspecified atom stereocenters. The maximum Gasteiger partial charge on any atom is 0.124 e. The summed E-state index contributed by atoms with van der Waals surface area (Å²) in [5.41, 5.74) is 1.64. The van der Waals surface area contributed by atoms with E-state index < -0.39 is 0 Å². The van der Waals surface area contributed by atoms with Crippen molar-refractivity contribution in [2.45, 2.75) is 57.8 Å². The number of halogens is 2. The molecule has 0 saturated heterocycles. The first-order chi connectivity index (χ1) is 10.0. The van der Waals surface area contributed by atoms with E-state index in [1.54, 1.807) is 0 Å². The van der Waals surface area contributed by atoms with Crippen LogP contribution in [0.3, 0.4) is 0 Å². The van der Waals surface area contributed by atoms with Crippen molar-refractivity contribution in [3.8, 4) is 0 Å². The van der Waals surface area contributed by atoms with Crippen molar-refractivity contribution < 1.29 is 4.39 Å². The van der Waals surface area contributed by atoms with Gasteiger partial charge in [-0.25, -0.2) is 4.39 Å². The highest BCUT2D eigenvalue weighted by molar-refractivity contribution is 6.31. The molecule has 21 heavy (non-hydrogen) atoms. The molecular weight excluding hydrogens is 285 g/mol. The van der Waals surface area contributed by atoms with Crippen LogP contribution in [0.4, 0.5) is 4.39 Å². The molecule has 0 heterocycles. The molecule has 1 aliphatic carbocycles. The van der Waals surface area contributed by atoms with Crippen molar-refractivity contribution in [1.29, 1.82) is 0 Å². The van der Waals surface area contributed by atoms with Gasteiger partial charge in [-0.05, 0) is 55.8 Å². The van der Waals surface area contributed by atoms with E-state index in [0.717, 1.165) is 24.9 Å². The molecule has 1 aromatic carbocycles. The Morgan fingerprint density at radius 1 is 1.19 bits per heavy atom. The smallest absolute Gasteiger partial charge is 0.124 e. The van der Waals surface area contributed by atoms with E-state index in [1.807, 2.05) is 13.1 Å². The second kappa shape index (κ2) is 6.66. The molecule has 1 nitrogen and oxygen atoms in total. The van der Waals surface area contributed by atoms with Gasteiger partial charge in [-0.2, -0.15) is 0 Å². The highest BCUT2D eigenvalue weighted by Crippen LogP contribution is 2.60. The van der Waals surface area contributed by atoms with E-state index in [4.69, 9.17) is 11.6 Å². The Bertz CT molecular complexity index is 472. The first kappa shape index (κ1) is 16.8. The molecular formula is C18H27ClFN. The molecule has 118 valence electrons. The highest BCUT2D eigenvalue weighted by Gasteiger charge is 2.54. The Morgan fingerprint density at radius 3 is 2.29 bits per heavy atom. The highest BCUT2D eigenvalue weighted by atomic mass is 35.5. The minimum absolute atomic E-state index is 0.0733. The Kier molecular flexibility index (Phi) is 5.32. The topological polar surface area (TPSA) is 12.0 Å². The van der Waals surface area contributed by atoms with Crippen molar-refractivity contribution in [3.05, 3.63) is 34.6 Å². The normalized spacial score (nSPS) is 19.3. The lowest BCUT2D eigenvalue weighted by atomic mass is 9.48. The molecule has 1 aromatic rings. The van der Waals surface area contributed by atoms with Gasteiger partial charge in [0.1, 0.15) is 5.82 Å². The van der Waals surface area contributed by atoms with E-state index >= 15 is 0 Å². The zero-order valence-corrected chi connectivity index (χ0v) is 14.2. The van der Waals surface area contributed by atoms with E-state index in [9.17, 15) is 4.39 Å². The summed E-state index contributed by atoms with van der Waals surface area (Å²) in [5, 5.41) is 3.90. The van der Waals surface area contributed by atoms with Crippen LogP contribution in [0.25, 0.3) is 0 Å². The van der Waals surface area contributed by atoms with Crippen molar-refractivity contribution in [2.24, 2.45) is 5.41 Å². The second-order valence-electron chi connectivity index (χ2n) is 6.79. The maximum absolute atomic E-state index is 13.3. The summed E-state index contributed by atoms with van der Waals surface area (Å²) in [7, 11) is 1.98. The van der Waals surface area contributed by atoms with Crippen LogP contribution < -0.4 is 5.32 Å². The quantitative estimate of drug-likeness (QED) is 0.719. The number of benzene rings is 1. The fourth-order valence-corrected chi connectivity index (χ4v) is 4.96. The first-order valence-corrected chi connectivity index (χ1v) is 8.49. The number of nitrogens with one attached hydrogen (secondary N) is 1. The molecule has 2 rings (SSSR count). The molecule has 0 atom stereocenters. The average molecular weight is 312 g/mol. The van der Waals surface area contributed by atoms with Crippen LogP contribution in [0, 0.1) is 11.2 Å². The van der Waals surface area contributed by atoms with Crippen molar-refractivity contribution in [3.63, 3.8) is 0 Å². The molecule has 0 radical (unpaired) electrons. The van der Waals surface area contributed by atoms with Gasteiger partial charge in [-0.1, -0.05) is 44.4 Å². The van der Waals surface area contributed by atoms with Gasteiger partial charge in [-0.3, -0.25) is 0 Å². The van der Waals surface area contributed by atoms with Gasteiger partial charge in [0.15, 0.2) is 0 Å². The summed E-state index contributed by atoms with van der Waals surface area (Å²) in [6.45, 7) is 5.44. The fraction of sp³-hybridized carbons (Fsp3) is 0.667. The van der Waals surface area contributed by atoms with Gasteiger partial charge >= 0.3 is 0 Å². The van der Waals surface area contributed by atoms with Gasteiger partial charge in [-0.15, -0.1) is 0 Å². The molecule has 3 heteroatoms. The van der Waals surface area contributed by atoms with Gasteiger partial charge in [0.25, 0.3) is 0 Å². The van der Waals surface area contributed by atoms with Crippen molar-refractivity contribution in [1.82, 2.24) is 5.32 Å². The molecule has 1 aliphatic rings. The first-order valence-electron chi connectivity index (χ1n) is 8.11. The van der Waals surface area contributed by atoms with Crippen LogP contribution in [0.5, 0.6) is 0 Å². The Hall–Kier alpha value is -0.600. The standard InChI is InChI=1S/C18H27ClFN/c1-4-8-17(9-5-2)11-18(12-17,13-21-3)15-7-6-14(20)10-16(15)19/h6-7,10,21H,4-5,8-9,11-13H2,1-3H3. The zero-order valence-electron chi connectivity index (χ0n) is 13.4. The molecule has 0 aliphatic heterocycles. The largest absolute Gasteiger partial charge is 0.319 e. The summed E-state index contributed by atoms with van der Waals surface area (Å²) >= 11 is 6.34. The predicted octanol–water partition coefficient (Wildman–Crippen LogP) is 5.32. The number of likely N-dealkylation sites (N-methyl/N-ethyl adjacent to an activating group) is 1. The van der Waals surface area contributed by atoms with Crippen LogP contribution in [-0.2, 0) is 5.41 Å². The lowest BCUT2D eigenvalue weighted by molar-refractivity contribution is 0.00392. The lowest BCUT2D eigenvalue weighted by Gasteiger charge is -2.58. The second-order valence-corrected chi connectivity index (χ2v) is 7.20. The molecule has 1 N–H and O–H groups in total.